The summed E-state index contributed by atoms with van der Waals surface area (Å²) in [6, 6.07) is 14.6. The highest BCUT2D eigenvalue weighted by molar-refractivity contribution is 6.01. The van der Waals surface area contributed by atoms with Crippen molar-refractivity contribution < 1.29 is 23.5 Å². The third-order valence-corrected chi connectivity index (χ3v) is 3.87. The van der Waals surface area contributed by atoms with Crippen LogP contribution in [-0.2, 0) is 11.2 Å². The Labute approximate surface area is 170 Å². The van der Waals surface area contributed by atoms with Crippen LogP contribution < -0.4 is 21.1 Å². The standard InChI is InChI=1S/C21H17FN4O4/c22-16-11-14(30-15-8-9-24-18(12-15)20(23)28)6-7-17(16)25-21(29)26-19(27)10-13-4-2-1-3-5-13/h1-9,11-12H,10H2,(H2,23,28)(H2,25,26,27,29). The van der Waals surface area contributed by atoms with Gasteiger partial charge in [0.15, 0.2) is 0 Å². The number of amides is 4. The molecular formula is C21H17FN4O4. The second kappa shape index (κ2) is 9.28. The van der Waals surface area contributed by atoms with Crippen LogP contribution in [0.25, 0.3) is 0 Å². The molecule has 4 N–H and O–H groups in total. The Balaban J connectivity index is 1.59. The number of aromatic nitrogens is 1. The van der Waals surface area contributed by atoms with E-state index in [1.807, 2.05) is 6.07 Å². The third kappa shape index (κ3) is 5.61. The number of urea groups is 1. The molecule has 0 aliphatic carbocycles. The molecule has 30 heavy (non-hydrogen) atoms. The normalized spacial score (nSPS) is 10.2. The lowest BCUT2D eigenvalue weighted by molar-refractivity contribution is -0.119. The van der Waals surface area contributed by atoms with Gasteiger partial charge in [-0.15, -0.1) is 0 Å². The number of imide groups is 1. The fraction of sp³-hybridized carbons (Fsp3) is 0.0476. The number of nitrogens with two attached hydrogens (primary N) is 1. The minimum atomic E-state index is -0.858. The molecular weight excluding hydrogens is 391 g/mol. The number of benzene rings is 2. The first-order chi connectivity index (χ1) is 14.4. The average molecular weight is 408 g/mol. The van der Waals surface area contributed by atoms with Crippen molar-refractivity contribution in [3.8, 4) is 11.5 Å². The maximum absolute atomic E-state index is 14.3. The predicted molar refractivity (Wildman–Crippen MR) is 107 cm³/mol. The molecule has 1 heterocycles. The highest BCUT2D eigenvalue weighted by atomic mass is 19.1. The van der Waals surface area contributed by atoms with Crippen molar-refractivity contribution in [2.75, 3.05) is 5.32 Å². The van der Waals surface area contributed by atoms with Crippen LogP contribution in [0.5, 0.6) is 11.5 Å². The van der Waals surface area contributed by atoms with Crippen LogP contribution in [-0.4, -0.2) is 22.8 Å². The molecule has 0 unspecified atom stereocenters. The maximum Gasteiger partial charge on any atom is 0.325 e. The van der Waals surface area contributed by atoms with E-state index in [1.54, 1.807) is 24.3 Å². The van der Waals surface area contributed by atoms with Crippen molar-refractivity contribution in [3.63, 3.8) is 0 Å². The van der Waals surface area contributed by atoms with E-state index in [4.69, 9.17) is 10.5 Å². The van der Waals surface area contributed by atoms with Gasteiger partial charge in [0, 0.05) is 18.3 Å². The second-order valence-corrected chi connectivity index (χ2v) is 6.15. The fourth-order valence-electron chi connectivity index (χ4n) is 2.51. The first-order valence-electron chi connectivity index (χ1n) is 8.79. The summed E-state index contributed by atoms with van der Waals surface area (Å²) in [5, 5.41) is 4.41. The molecule has 0 aliphatic rings. The van der Waals surface area contributed by atoms with Crippen molar-refractivity contribution in [1.29, 1.82) is 0 Å². The largest absolute Gasteiger partial charge is 0.457 e. The van der Waals surface area contributed by atoms with Crippen molar-refractivity contribution in [1.82, 2.24) is 10.3 Å². The predicted octanol–water partition coefficient (Wildman–Crippen LogP) is 3.00. The summed E-state index contributed by atoms with van der Waals surface area (Å²) in [5.74, 6) is -1.66. The van der Waals surface area contributed by atoms with Crippen LogP contribution in [0.15, 0.2) is 66.9 Å². The molecule has 2 aromatic carbocycles. The number of carbonyl (C=O) groups excluding carboxylic acids is 3. The number of nitrogens with one attached hydrogen (secondary N) is 2. The Kier molecular flexibility index (Phi) is 6.33. The zero-order valence-corrected chi connectivity index (χ0v) is 15.6. The number of pyridine rings is 1. The highest BCUT2D eigenvalue weighted by Gasteiger charge is 2.12. The van der Waals surface area contributed by atoms with Crippen LogP contribution >= 0.6 is 0 Å². The van der Waals surface area contributed by atoms with E-state index in [9.17, 15) is 18.8 Å². The quantitative estimate of drug-likeness (QED) is 0.579. The number of hydrogen-bond acceptors (Lipinski definition) is 5. The van der Waals surface area contributed by atoms with E-state index in [0.29, 0.717) is 0 Å². The van der Waals surface area contributed by atoms with Gasteiger partial charge in [-0.05, 0) is 23.8 Å². The average Bonchev–Trinajstić information content (AvgIpc) is 2.71. The molecule has 3 aromatic rings. The molecule has 0 fully saturated rings. The Hall–Kier alpha value is -4.27. The van der Waals surface area contributed by atoms with Crippen LogP contribution in [0.2, 0.25) is 0 Å². The maximum atomic E-state index is 14.3. The van der Waals surface area contributed by atoms with E-state index >= 15 is 0 Å². The van der Waals surface area contributed by atoms with E-state index in [2.05, 4.69) is 15.6 Å². The summed E-state index contributed by atoms with van der Waals surface area (Å²) >= 11 is 0. The zero-order valence-electron chi connectivity index (χ0n) is 15.6. The molecule has 0 atom stereocenters. The van der Waals surface area contributed by atoms with Gasteiger partial charge >= 0.3 is 6.03 Å². The summed E-state index contributed by atoms with van der Waals surface area (Å²) in [5.41, 5.74) is 5.76. The number of hydrogen-bond donors (Lipinski definition) is 3. The summed E-state index contributed by atoms with van der Waals surface area (Å²) in [4.78, 5) is 38.8. The Morgan fingerprint density at radius 2 is 1.73 bits per heavy atom. The van der Waals surface area contributed by atoms with Crippen molar-refractivity contribution in [2.45, 2.75) is 6.42 Å². The summed E-state index contributed by atoms with van der Waals surface area (Å²) < 4.78 is 19.8. The SMILES string of the molecule is NC(=O)c1cc(Oc2ccc(NC(=O)NC(=O)Cc3ccccc3)c(F)c2)ccn1. The number of carbonyl (C=O) groups is 3. The van der Waals surface area contributed by atoms with Gasteiger partial charge in [0.1, 0.15) is 23.0 Å². The Morgan fingerprint density at radius 3 is 2.43 bits per heavy atom. The van der Waals surface area contributed by atoms with Gasteiger partial charge < -0.3 is 15.8 Å². The van der Waals surface area contributed by atoms with E-state index in [0.717, 1.165) is 11.6 Å². The first kappa shape index (κ1) is 20.5. The minimum absolute atomic E-state index is 0.00287. The Bertz CT molecular complexity index is 1090. The second-order valence-electron chi connectivity index (χ2n) is 6.15. The number of halogens is 1. The number of anilines is 1. The minimum Gasteiger partial charge on any atom is -0.457 e. The molecule has 3 rings (SSSR count). The molecule has 0 radical (unpaired) electrons. The lowest BCUT2D eigenvalue weighted by atomic mass is 10.1. The summed E-state index contributed by atoms with van der Waals surface area (Å²) in [7, 11) is 0. The van der Waals surface area contributed by atoms with Crippen molar-refractivity contribution in [2.24, 2.45) is 5.73 Å². The fourth-order valence-corrected chi connectivity index (χ4v) is 2.51. The third-order valence-electron chi connectivity index (χ3n) is 3.87. The molecule has 0 saturated carbocycles. The summed E-state index contributed by atoms with van der Waals surface area (Å²) in [6.07, 6.45) is 1.35. The highest BCUT2D eigenvalue weighted by Crippen LogP contribution is 2.25. The molecule has 152 valence electrons. The van der Waals surface area contributed by atoms with Gasteiger partial charge in [-0.3, -0.25) is 19.9 Å². The van der Waals surface area contributed by atoms with Crippen molar-refractivity contribution >= 4 is 23.5 Å². The van der Waals surface area contributed by atoms with Crippen LogP contribution in [0, 0.1) is 5.82 Å². The van der Waals surface area contributed by atoms with Crippen LogP contribution in [0.4, 0.5) is 14.9 Å². The van der Waals surface area contributed by atoms with E-state index in [-0.39, 0.29) is 29.3 Å². The molecule has 9 heteroatoms. The van der Waals surface area contributed by atoms with E-state index in [1.165, 1.54) is 30.5 Å². The van der Waals surface area contributed by atoms with Crippen LogP contribution in [0.1, 0.15) is 16.1 Å². The lowest BCUT2D eigenvalue weighted by Gasteiger charge is -2.10. The molecule has 0 aliphatic heterocycles. The molecule has 0 spiro atoms. The molecule has 8 nitrogen and oxygen atoms in total. The van der Waals surface area contributed by atoms with Crippen molar-refractivity contribution in [3.05, 3.63) is 83.9 Å². The van der Waals surface area contributed by atoms with Gasteiger partial charge in [0.05, 0.1) is 12.1 Å². The number of rotatable bonds is 6. The first-order valence-corrected chi connectivity index (χ1v) is 8.79. The lowest BCUT2D eigenvalue weighted by Crippen LogP contribution is -2.35. The van der Waals surface area contributed by atoms with E-state index < -0.39 is 23.7 Å². The van der Waals surface area contributed by atoms with Gasteiger partial charge in [0.25, 0.3) is 5.91 Å². The van der Waals surface area contributed by atoms with Gasteiger partial charge in [0.2, 0.25) is 5.91 Å². The monoisotopic (exact) mass is 408 g/mol. The number of nitrogens with zero attached hydrogens (tertiary/aromatic N) is 1. The van der Waals surface area contributed by atoms with Gasteiger partial charge in [-0.25, -0.2) is 9.18 Å². The molecule has 0 saturated heterocycles. The zero-order chi connectivity index (χ0) is 21.5. The number of primary amides is 1. The topological polar surface area (TPSA) is 123 Å². The van der Waals surface area contributed by atoms with Gasteiger partial charge in [-0.1, -0.05) is 30.3 Å². The summed E-state index contributed by atoms with van der Waals surface area (Å²) in [6.45, 7) is 0. The smallest absolute Gasteiger partial charge is 0.325 e. The number of ether oxygens (including phenoxy) is 1. The molecule has 1 aromatic heterocycles. The van der Waals surface area contributed by atoms with Crippen LogP contribution in [0.3, 0.4) is 0 Å². The van der Waals surface area contributed by atoms with Gasteiger partial charge in [-0.2, -0.15) is 0 Å². The molecule has 4 amide bonds. The Morgan fingerprint density at radius 1 is 1.00 bits per heavy atom. The molecule has 0 bridgehead atoms.